The first-order valence-corrected chi connectivity index (χ1v) is 9.74. The van der Waals surface area contributed by atoms with E-state index in [1.54, 1.807) is 0 Å². The number of hydrogen-bond acceptors (Lipinski definition) is 3. The molecule has 2 aliphatic heterocycles. The van der Waals surface area contributed by atoms with E-state index in [9.17, 15) is 0 Å². The number of aryl methyl sites for hydroxylation is 1. The molecule has 0 bridgehead atoms. The lowest BCUT2D eigenvalue weighted by atomic mass is 9.79. The molecule has 2 fully saturated rings. The smallest absolute Gasteiger partial charge is 0.0783 e. The fraction of sp³-hybridized carbons (Fsp3) is 0.647. The maximum absolute atomic E-state index is 6.18. The number of rotatable bonds is 3. The van der Waals surface area contributed by atoms with Gasteiger partial charge >= 0.3 is 0 Å². The van der Waals surface area contributed by atoms with Gasteiger partial charge in [-0.15, -0.1) is 0 Å². The Kier molecular flexibility index (Phi) is 4.99. The average Bonchev–Trinajstić information content (AvgIpc) is 2.92. The van der Waals surface area contributed by atoms with Crippen molar-refractivity contribution in [2.45, 2.75) is 37.8 Å². The Morgan fingerprint density at radius 2 is 2.33 bits per heavy atom. The van der Waals surface area contributed by atoms with E-state index in [4.69, 9.17) is 4.74 Å². The molecule has 2 nitrogen and oxygen atoms in total. The zero-order chi connectivity index (χ0) is 14.9. The lowest BCUT2D eigenvalue weighted by Gasteiger charge is -2.41. The maximum atomic E-state index is 6.18. The summed E-state index contributed by atoms with van der Waals surface area (Å²) in [6, 6.07) is 6.99. The van der Waals surface area contributed by atoms with E-state index in [0.29, 0.717) is 12.0 Å². The highest BCUT2D eigenvalue weighted by Gasteiger charge is 2.42. The van der Waals surface area contributed by atoms with E-state index in [1.165, 1.54) is 39.9 Å². The van der Waals surface area contributed by atoms with Crippen LogP contribution in [-0.2, 0) is 4.74 Å². The van der Waals surface area contributed by atoms with E-state index < -0.39 is 0 Å². The molecule has 116 valence electrons. The first kappa shape index (κ1) is 15.9. The van der Waals surface area contributed by atoms with E-state index in [-0.39, 0.29) is 5.60 Å². The minimum Gasteiger partial charge on any atom is -0.374 e. The molecule has 2 heterocycles. The van der Waals surface area contributed by atoms with Crippen molar-refractivity contribution in [2.24, 2.45) is 5.92 Å². The van der Waals surface area contributed by atoms with E-state index in [2.05, 4.69) is 53.4 Å². The number of nitrogens with one attached hydrogen (secondary N) is 1. The van der Waals surface area contributed by atoms with Gasteiger partial charge in [0.2, 0.25) is 0 Å². The quantitative estimate of drug-likeness (QED) is 0.856. The molecule has 2 aliphatic rings. The van der Waals surface area contributed by atoms with Crippen molar-refractivity contribution in [3.8, 4) is 0 Å². The molecule has 0 radical (unpaired) electrons. The molecular weight excluding hydrogens is 346 g/mol. The molecule has 4 heteroatoms. The largest absolute Gasteiger partial charge is 0.374 e. The molecule has 3 unspecified atom stereocenters. The van der Waals surface area contributed by atoms with Gasteiger partial charge in [-0.3, -0.25) is 0 Å². The Morgan fingerprint density at radius 3 is 3.05 bits per heavy atom. The molecule has 0 aromatic heterocycles. The highest BCUT2D eigenvalue weighted by atomic mass is 79.9. The van der Waals surface area contributed by atoms with Crippen molar-refractivity contribution >= 4 is 27.7 Å². The van der Waals surface area contributed by atoms with Crippen LogP contribution in [-0.4, -0.2) is 30.8 Å². The normalized spacial score (nSPS) is 30.7. The fourth-order valence-corrected chi connectivity index (χ4v) is 5.66. The lowest BCUT2D eigenvalue weighted by molar-refractivity contribution is -0.0851. The number of ether oxygens (including phenoxy) is 1. The Labute approximate surface area is 140 Å². The van der Waals surface area contributed by atoms with E-state index in [1.807, 2.05) is 11.8 Å². The van der Waals surface area contributed by atoms with Crippen molar-refractivity contribution in [1.29, 1.82) is 0 Å². The third-order valence-electron chi connectivity index (χ3n) is 4.94. The third-order valence-corrected chi connectivity index (χ3v) is 7.24. The molecule has 1 aromatic carbocycles. The van der Waals surface area contributed by atoms with Gasteiger partial charge in [-0.1, -0.05) is 34.1 Å². The van der Waals surface area contributed by atoms with Crippen LogP contribution < -0.4 is 5.32 Å². The topological polar surface area (TPSA) is 21.3 Å². The number of thioether (sulfide) groups is 1. The second kappa shape index (κ2) is 6.61. The number of hydrogen-bond donors (Lipinski definition) is 1. The van der Waals surface area contributed by atoms with Crippen LogP contribution >= 0.6 is 27.7 Å². The first-order valence-electron chi connectivity index (χ1n) is 7.79. The van der Waals surface area contributed by atoms with Gasteiger partial charge in [-0.2, -0.15) is 11.8 Å². The monoisotopic (exact) mass is 369 g/mol. The summed E-state index contributed by atoms with van der Waals surface area (Å²) in [5.41, 5.74) is 2.86. The second-order valence-corrected chi connectivity index (χ2v) is 8.23. The Hall–Kier alpha value is -0.0300. The van der Waals surface area contributed by atoms with Crippen LogP contribution in [0.1, 0.15) is 36.4 Å². The summed E-state index contributed by atoms with van der Waals surface area (Å²) in [5, 5.41) is 3.57. The Morgan fingerprint density at radius 1 is 1.48 bits per heavy atom. The molecule has 2 saturated heterocycles. The van der Waals surface area contributed by atoms with Gasteiger partial charge in [-0.25, -0.2) is 0 Å². The summed E-state index contributed by atoms with van der Waals surface area (Å²) in [4.78, 5) is 0. The van der Waals surface area contributed by atoms with E-state index in [0.717, 1.165) is 13.0 Å². The van der Waals surface area contributed by atoms with Crippen molar-refractivity contribution in [1.82, 2.24) is 5.32 Å². The van der Waals surface area contributed by atoms with Crippen LogP contribution in [0.5, 0.6) is 0 Å². The summed E-state index contributed by atoms with van der Waals surface area (Å²) in [6.45, 7) is 3.08. The molecule has 0 saturated carbocycles. The van der Waals surface area contributed by atoms with Crippen molar-refractivity contribution in [3.05, 3.63) is 33.8 Å². The predicted molar refractivity (Wildman–Crippen MR) is 94.0 cm³/mol. The van der Waals surface area contributed by atoms with Crippen LogP contribution in [0.15, 0.2) is 22.7 Å². The summed E-state index contributed by atoms with van der Waals surface area (Å²) < 4.78 is 7.44. The molecular formula is C17H24BrNOS. The number of benzene rings is 1. The SMILES string of the molecule is CNC(c1cccc(C)c1Br)C1CCOC2(CCSC2)C1. The summed E-state index contributed by atoms with van der Waals surface area (Å²) in [6.07, 6.45) is 3.56. The van der Waals surface area contributed by atoms with Crippen LogP contribution in [0.3, 0.4) is 0 Å². The van der Waals surface area contributed by atoms with Gasteiger partial charge in [-0.05, 0) is 56.0 Å². The zero-order valence-electron chi connectivity index (χ0n) is 12.8. The van der Waals surface area contributed by atoms with Crippen LogP contribution in [0.25, 0.3) is 0 Å². The number of halogens is 1. The third kappa shape index (κ3) is 3.19. The standard InChI is InChI=1S/C17H24BrNOS/c1-12-4-3-5-14(15(12)18)16(19-2)13-6-8-20-17(10-13)7-9-21-11-17/h3-5,13,16,19H,6-11H2,1-2H3. The van der Waals surface area contributed by atoms with Gasteiger partial charge < -0.3 is 10.1 Å². The molecule has 0 amide bonds. The maximum Gasteiger partial charge on any atom is 0.0783 e. The van der Waals surface area contributed by atoms with Crippen LogP contribution in [0.4, 0.5) is 0 Å². The minimum absolute atomic E-state index is 0.152. The Bertz CT molecular complexity index is 502. The molecule has 1 spiro atoms. The second-order valence-electron chi connectivity index (χ2n) is 6.33. The highest BCUT2D eigenvalue weighted by Crippen LogP contribution is 2.45. The van der Waals surface area contributed by atoms with Gasteiger partial charge in [0.25, 0.3) is 0 Å². The predicted octanol–water partition coefficient (Wildman–Crippen LogP) is 4.32. The molecule has 21 heavy (non-hydrogen) atoms. The van der Waals surface area contributed by atoms with Gasteiger partial charge in [0.15, 0.2) is 0 Å². The summed E-state index contributed by atoms with van der Waals surface area (Å²) in [5.74, 6) is 3.08. The molecule has 3 atom stereocenters. The summed E-state index contributed by atoms with van der Waals surface area (Å²) >= 11 is 5.84. The van der Waals surface area contributed by atoms with Gasteiger partial charge in [0.1, 0.15) is 0 Å². The molecule has 1 N–H and O–H groups in total. The highest BCUT2D eigenvalue weighted by molar-refractivity contribution is 9.10. The van der Waals surface area contributed by atoms with Crippen molar-refractivity contribution in [3.63, 3.8) is 0 Å². The van der Waals surface area contributed by atoms with Gasteiger partial charge in [0, 0.05) is 22.9 Å². The van der Waals surface area contributed by atoms with Crippen LogP contribution in [0.2, 0.25) is 0 Å². The van der Waals surface area contributed by atoms with Crippen molar-refractivity contribution in [2.75, 3.05) is 25.2 Å². The summed E-state index contributed by atoms with van der Waals surface area (Å²) in [7, 11) is 2.09. The molecule has 0 aliphatic carbocycles. The van der Waals surface area contributed by atoms with Crippen molar-refractivity contribution < 1.29 is 4.74 Å². The average molecular weight is 370 g/mol. The van der Waals surface area contributed by atoms with Gasteiger partial charge in [0.05, 0.1) is 5.60 Å². The molecule has 1 aromatic rings. The lowest BCUT2D eigenvalue weighted by Crippen LogP contribution is -2.43. The first-order chi connectivity index (χ1) is 10.2. The fourth-order valence-electron chi connectivity index (χ4n) is 3.77. The minimum atomic E-state index is 0.152. The Balaban J connectivity index is 1.84. The van der Waals surface area contributed by atoms with Crippen LogP contribution in [0, 0.1) is 12.8 Å². The molecule has 3 rings (SSSR count). The van der Waals surface area contributed by atoms with E-state index >= 15 is 0 Å². The zero-order valence-corrected chi connectivity index (χ0v) is 15.2.